The molecule has 0 aliphatic carbocycles. The maximum absolute atomic E-state index is 14.4. The molecule has 14 nitrogen and oxygen atoms in total. The van der Waals surface area contributed by atoms with Crippen molar-refractivity contribution in [2.45, 2.75) is 48.1 Å². The number of aliphatic hydroxyl groups is 1. The molecule has 362 valence electrons. The summed E-state index contributed by atoms with van der Waals surface area (Å²) < 4.78 is 32.0. The summed E-state index contributed by atoms with van der Waals surface area (Å²) in [6.45, 7) is 6.63. The van der Waals surface area contributed by atoms with Crippen molar-refractivity contribution in [1.29, 1.82) is 0 Å². The van der Waals surface area contributed by atoms with Crippen LogP contribution in [-0.4, -0.2) is 117 Å². The van der Waals surface area contributed by atoms with E-state index in [0.29, 0.717) is 61.0 Å². The van der Waals surface area contributed by atoms with Crippen LogP contribution in [0.2, 0.25) is 5.02 Å². The number of nitrogens with zero attached hydrogens (tertiary/aromatic N) is 6. The number of anilines is 4. The summed E-state index contributed by atoms with van der Waals surface area (Å²) in [4.78, 5) is 35.5. The molecule has 0 saturated carbocycles. The van der Waals surface area contributed by atoms with Crippen LogP contribution in [0.1, 0.15) is 35.3 Å². The van der Waals surface area contributed by atoms with E-state index in [-0.39, 0.29) is 28.2 Å². The Morgan fingerprint density at radius 3 is 2.17 bits per heavy atom. The lowest BCUT2D eigenvalue weighted by molar-refractivity contribution is -0.384. The first-order valence-corrected chi connectivity index (χ1v) is 26.0. The Balaban J connectivity index is 0.942. The summed E-state index contributed by atoms with van der Waals surface area (Å²) in [5.74, 6) is 0.624. The molecule has 1 amide bonds. The van der Waals surface area contributed by atoms with Gasteiger partial charge in [-0.3, -0.25) is 19.6 Å². The highest BCUT2D eigenvalue weighted by molar-refractivity contribution is 7.99. The number of hydrogen-bond acceptors (Lipinski definition) is 11. The number of nitro benzene ring substituents is 1. The number of aromatic nitrogens is 1. The normalized spacial score (nSPS) is 15.1. The molecule has 17 heteroatoms. The highest BCUT2D eigenvalue weighted by Gasteiger charge is 2.31. The molecule has 69 heavy (non-hydrogen) atoms. The molecule has 5 aromatic carbocycles. The molecule has 2 aliphatic rings. The van der Waals surface area contributed by atoms with Gasteiger partial charge in [0.15, 0.2) is 0 Å². The lowest BCUT2D eigenvalue weighted by Gasteiger charge is -2.37. The lowest BCUT2D eigenvalue weighted by atomic mass is 9.95. The number of carbonyl (C=O) groups is 1. The number of benzene rings is 5. The Kier molecular flexibility index (Phi) is 15.5. The van der Waals surface area contributed by atoms with Crippen LogP contribution in [0.15, 0.2) is 131 Å². The predicted octanol–water partition coefficient (Wildman–Crippen LogP) is 9.48. The third-order valence-electron chi connectivity index (χ3n) is 13.0. The molecule has 6 aromatic rings. The second-order valence-electron chi connectivity index (χ2n) is 17.9. The van der Waals surface area contributed by atoms with Crippen molar-refractivity contribution >= 4 is 67.7 Å². The number of piperazine rings is 1. The smallest absolute Gasteiger partial charge is 0.293 e. The third kappa shape index (κ3) is 11.7. The molecule has 3 N–H and O–H groups in total. The van der Waals surface area contributed by atoms with Gasteiger partial charge in [0.05, 0.1) is 27.2 Å². The fraction of sp³-hybridized carbons (Fsp3) is 0.327. The van der Waals surface area contributed by atoms with Gasteiger partial charge in [-0.2, -0.15) is 0 Å². The zero-order valence-electron chi connectivity index (χ0n) is 39.3. The summed E-state index contributed by atoms with van der Waals surface area (Å²) in [7, 11) is 1.78. The van der Waals surface area contributed by atoms with Crippen LogP contribution in [0, 0.1) is 17.0 Å². The third-order valence-corrected chi connectivity index (χ3v) is 15.8. The quantitative estimate of drug-likeness (QED) is 0.0455. The standard InChI is InChI=1S/C52H59ClN8O6S2/c1-36-49(52(63)60-27-24-44(62)25-28-60)50(51(57(36)4)37-13-15-39(53)16-14-37)38-9-8-10-43(33-38)59-31-29-58(30-32-59)42-19-17-40(18-20-42)55-69(66,67)46-21-22-47(48(34-46)61(64)65)54-41(23-26-56(2)3)35-68-45-11-6-5-7-12-45/h5-22,33-34,41,44,54-55,62H,23-32,35H2,1-4H3. The minimum Gasteiger partial charge on any atom is -0.393 e. The average Bonchev–Trinajstić information content (AvgIpc) is 3.61. The molecule has 1 aromatic heterocycles. The monoisotopic (exact) mass is 990 g/mol. The molecule has 0 bridgehead atoms. The maximum atomic E-state index is 14.4. The molecule has 2 fully saturated rings. The molecule has 1 unspecified atom stereocenters. The van der Waals surface area contributed by atoms with E-state index in [9.17, 15) is 28.4 Å². The van der Waals surface area contributed by atoms with Gasteiger partial charge in [-0.15, -0.1) is 11.8 Å². The second-order valence-corrected chi connectivity index (χ2v) is 21.2. The lowest BCUT2D eigenvalue weighted by Crippen LogP contribution is -2.46. The number of likely N-dealkylation sites (tertiary alicyclic amines) is 1. The Morgan fingerprint density at radius 1 is 0.855 bits per heavy atom. The Morgan fingerprint density at radius 2 is 1.52 bits per heavy atom. The minimum atomic E-state index is -4.17. The fourth-order valence-corrected chi connectivity index (χ4v) is 11.2. The first-order chi connectivity index (χ1) is 33.1. The van der Waals surface area contributed by atoms with Gasteiger partial charge in [0.1, 0.15) is 5.69 Å². The number of rotatable bonds is 17. The number of halogens is 1. The number of amides is 1. The number of aliphatic hydroxyl groups excluding tert-OH is 1. The first kappa shape index (κ1) is 49.4. The van der Waals surface area contributed by atoms with Crippen molar-refractivity contribution in [3.63, 3.8) is 0 Å². The van der Waals surface area contributed by atoms with Gasteiger partial charge >= 0.3 is 0 Å². The molecular formula is C52H59ClN8O6S2. The highest BCUT2D eigenvalue weighted by atomic mass is 35.5. The molecule has 3 heterocycles. The Bertz CT molecular complexity index is 2870. The van der Waals surface area contributed by atoms with Gasteiger partial charge in [-0.05, 0) is 131 Å². The van der Waals surface area contributed by atoms with E-state index >= 15 is 0 Å². The zero-order chi connectivity index (χ0) is 48.8. The summed E-state index contributed by atoms with van der Waals surface area (Å²) in [5.41, 5.74) is 7.47. The Labute approximate surface area is 414 Å². The van der Waals surface area contributed by atoms with Crippen LogP contribution in [-0.2, 0) is 17.1 Å². The van der Waals surface area contributed by atoms with Crippen molar-refractivity contribution in [1.82, 2.24) is 14.4 Å². The van der Waals surface area contributed by atoms with E-state index < -0.39 is 21.1 Å². The SMILES string of the molecule is Cc1c(C(=O)N2CCC(O)CC2)c(-c2cccc(N3CCN(c4ccc(NS(=O)(=O)c5ccc(NC(CCN(C)C)CSc6ccccc6)c([N+](=O)[O-])c5)cc4)CC3)c2)c(-c2ccc(Cl)cc2)n1C. The summed E-state index contributed by atoms with van der Waals surface area (Å²) in [5, 5.41) is 26.5. The van der Waals surface area contributed by atoms with Crippen molar-refractivity contribution < 1.29 is 23.2 Å². The highest BCUT2D eigenvalue weighted by Crippen LogP contribution is 2.41. The van der Waals surface area contributed by atoms with Crippen molar-refractivity contribution in [3.8, 4) is 22.4 Å². The van der Waals surface area contributed by atoms with E-state index in [2.05, 4.69) is 47.5 Å². The number of nitrogens with one attached hydrogen (secondary N) is 2. The van der Waals surface area contributed by atoms with Gasteiger partial charge in [-0.1, -0.05) is 54.1 Å². The molecule has 0 spiro atoms. The van der Waals surface area contributed by atoms with Crippen LogP contribution in [0.25, 0.3) is 22.4 Å². The predicted molar refractivity (Wildman–Crippen MR) is 280 cm³/mol. The number of carbonyl (C=O) groups excluding carboxylic acids is 1. The second kappa shape index (κ2) is 21.7. The van der Waals surface area contributed by atoms with Crippen LogP contribution in [0.4, 0.5) is 28.4 Å². The van der Waals surface area contributed by atoms with Gasteiger partial charge in [-0.25, -0.2) is 8.42 Å². The van der Waals surface area contributed by atoms with Crippen molar-refractivity contribution in [2.24, 2.45) is 7.05 Å². The van der Waals surface area contributed by atoms with Gasteiger partial charge in [0.25, 0.3) is 21.6 Å². The van der Waals surface area contributed by atoms with Crippen molar-refractivity contribution in [3.05, 3.63) is 148 Å². The van der Waals surface area contributed by atoms with Gasteiger partial charge in [0.2, 0.25) is 0 Å². The minimum absolute atomic E-state index is 0.0387. The van der Waals surface area contributed by atoms with Crippen LogP contribution < -0.4 is 19.8 Å². The zero-order valence-corrected chi connectivity index (χ0v) is 41.7. The number of hydrogen-bond donors (Lipinski definition) is 3. The molecule has 1 atom stereocenters. The Hall–Kier alpha value is -6.04. The largest absolute Gasteiger partial charge is 0.393 e. The van der Waals surface area contributed by atoms with Crippen LogP contribution >= 0.6 is 23.4 Å². The number of sulfonamides is 1. The fourth-order valence-electron chi connectivity index (χ4n) is 9.05. The van der Waals surface area contributed by atoms with Crippen LogP contribution in [0.3, 0.4) is 0 Å². The van der Waals surface area contributed by atoms with E-state index in [0.717, 1.165) is 76.5 Å². The molecule has 2 aliphatic heterocycles. The number of thioether (sulfide) groups is 1. The maximum Gasteiger partial charge on any atom is 0.293 e. The molecule has 2 saturated heterocycles. The number of nitro groups is 1. The number of piperidine rings is 1. The molecule has 0 radical (unpaired) electrons. The molecule has 8 rings (SSSR count). The molecular weight excluding hydrogens is 932 g/mol. The average molecular weight is 992 g/mol. The summed E-state index contributed by atoms with van der Waals surface area (Å²) in [6.07, 6.45) is 1.44. The van der Waals surface area contributed by atoms with Crippen molar-refractivity contribution in [2.75, 3.05) is 85.5 Å². The topological polar surface area (TPSA) is 157 Å². The first-order valence-electron chi connectivity index (χ1n) is 23.2. The van der Waals surface area contributed by atoms with Crippen LogP contribution in [0.5, 0.6) is 0 Å². The van der Waals surface area contributed by atoms with Gasteiger partial charge in [0, 0.05) is 102 Å². The van der Waals surface area contributed by atoms with Gasteiger partial charge < -0.3 is 34.6 Å². The van der Waals surface area contributed by atoms with E-state index in [1.807, 2.05) is 106 Å². The van der Waals surface area contributed by atoms with E-state index in [1.165, 1.54) is 12.1 Å². The van der Waals surface area contributed by atoms with E-state index in [4.69, 9.17) is 11.6 Å². The summed E-state index contributed by atoms with van der Waals surface area (Å²) in [6, 6.07) is 37.0. The van der Waals surface area contributed by atoms with E-state index in [1.54, 1.807) is 23.9 Å². The summed E-state index contributed by atoms with van der Waals surface area (Å²) >= 11 is 7.98.